The van der Waals surface area contributed by atoms with Gasteiger partial charge in [-0.3, -0.25) is 0 Å². The average molecular weight is 307 g/mol. The van der Waals surface area contributed by atoms with Crippen LogP contribution < -0.4 is 5.32 Å². The van der Waals surface area contributed by atoms with Gasteiger partial charge in [0.1, 0.15) is 0 Å². The van der Waals surface area contributed by atoms with Crippen LogP contribution in [-0.2, 0) is 6.42 Å². The van der Waals surface area contributed by atoms with Crippen LogP contribution in [0.25, 0.3) is 0 Å². The van der Waals surface area contributed by atoms with E-state index < -0.39 is 0 Å². The topological polar surface area (TPSA) is 32.3 Å². The third kappa shape index (κ3) is 2.70. The van der Waals surface area contributed by atoms with Crippen molar-refractivity contribution in [2.75, 3.05) is 0 Å². The van der Waals surface area contributed by atoms with E-state index in [1.165, 1.54) is 9.75 Å². The Kier molecular flexibility index (Phi) is 4.00. The molecule has 1 aliphatic rings. The Morgan fingerprint density at radius 1 is 1.30 bits per heavy atom. The lowest BCUT2D eigenvalue weighted by atomic mass is 9.64. The zero-order valence-electron chi connectivity index (χ0n) is 11.9. The SMILES string of the molecule is CC1(C)C(O)CC1NC(Cc1cccs1)c1cccs1. The third-order valence-corrected chi connectivity index (χ3v) is 6.38. The molecule has 2 aromatic heterocycles. The van der Waals surface area contributed by atoms with Gasteiger partial charge in [-0.15, -0.1) is 22.7 Å². The maximum atomic E-state index is 9.91. The molecule has 1 saturated carbocycles. The van der Waals surface area contributed by atoms with Crippen molar-refractivity contribution in [2.24, 2.45) is 5.41 Å². The van der Waals surface area contributed by atoms with Gasteiger partial charge in [-0.25, -0.2) is 0 Å². The summed E-state index contributed by atoms with van der Waals surface area (Å²) in [5.74, 6) is 0. The Morgan fingerprint density at radius 3 is 2.60 bits per heavy atom. The van der Waals surface area contributed by atoms with Crippen molar-refractivity contribution in [3.63, 3.8) is 0 Å². The van der Waals surface area contributed by atoms with Crippen LogP contribution in [0.5, 0.6) is 0 Å². The summed E-state index contributed by atoms with van der Waals surface area (Å²) in [5.41, 5.74) is -0.0229. The predicted octanol–water partition coefficient (Wildman–Crippen LogP) is 3.84. The molecule has 3 atom stereocenters. The van der Waals surface area contributed by atoms with Crippen molar-refractivity contribution < 1.29 is 5.11 Å². The first-order valence-corrected chi connectivity index (χ1v) is 8.83. The van der Waals surface area contributed by atoms with Crippen molar-refractivity contribution in [1.29, 1.82) is 0 Å². The van der Waals surface area contributed by atoms with Crippen molar-refractivity contribution in [3.05, 3.63) is 44.8 Å². The number of rotatable bonds is 5. The molecule has 0 aromatic carbocycles. The van der Waals surface area contributed by atoms with Gasteiger partial charge < -0.3 is 10.4 Å². The van der Waals surface area contributed by atoms with Gasteiger partial charge in [0.15, 0.2) is 0 Å². The molecule has 1 fully saturated rings. The van der Waals surface area contributed by atoms with E-state index in [4.69, 9.17) is 0 Å². The van der Waals surface area contributed by atoms with Crippen molar-refractivity contribution in [3.8, 4) is 0 Å². The van der Waals surface area contributed by atoms with Crippen molar-refractivity contribution in [1.82, 2.24) is 5.32 Å². The van der Waals surface area contributed by atoms with Crippen LogP contribution in [0.1, 0.15) is 36.1 Å². The fraction of sp³-hybridized carbons (Fsp3) is 0.500. The largest absolute Gasteiger partial charge is 0.392 e. The van der Waals surface area contributed by atoms with E-state index in [1.807, 2.05) is 22.7 Å². The Bertz CT molecular complexity index is 533. The van der Waals surface area contributed by atoms with E-state index in [9.17, 15) is 5.11 Å². The fourth-order valence-electron chi connectivity index (χ4n) is 2.79. The molecule has 0 radical (unpaired) electrons. The van der Waals surface area contributed by atoms with E-state index in [0.29, 0.717) is 12.1 Å². The van der Waals surface area contributed by atoms with Crippen molar-refractivity contribution in [2.45, 2.75) is 44.9 Å². The Balaban J connectivity index is 1.73. The summed E-state index contributed by atoms with van der Waals surface area (Å²) in [4.78, 5) is 2.80. The highest BCUT2D eigenvalue weighted by Crippen LogP contribution is 2.42. The second-order valence-electron chi connectivity index (χ2n) is 6.14. The molecule has 20 heavy (non-hydrogen) atoms. The maximum Gasteiger partial charge on any atom is 0.0621 e. The average Bonchev–Trinajstić information content (AvgIpc) is 3.10. The number of aliphatic hydroxyl groups is 1. The molecule has 2 nitrogen and oxygen atoms in total. The van der Waals surface area contributed by atoms with E-state index in [1.54, 1.807) is 0 Å². The van der Waals surface area contributed by atoms with E-state index in [-0.39, 0.29) is 11.5 Å². The standard InChI is InChI=1S/C16H21NOS2/c1-16(2)14(10-15(16)18)17-12(13-6-4-8-20-13)9-11-5-3-7-19-11/h3-8,12,14-15,17-18H,9-10H2,1-2H3. The molecule has 2 heterocycles. The fourth-order valence-corrected chi connectivity index (χ4v) is 4.33. The number of aliphatic hydroxyl groups excluding tert-OH is 1. The number of hydrogen-bond acceptors (Lipinski definition) is 4. The number of thiophene rings is 2. The monoisotopic (exact) mass is 307 g/mol. The molecule has 2 aromatic rings. The second-order valence-corrected chi connectivity index (χ2v) is 8.16. The van der Waals surface area contributed by atoms with E-state index in [2.05, 4.69) is 54.2 Å². The minimum absolute atomic E-state index is 0.0229. The minimum atomic E-state index is -0.175. The van der Waals surface area contributed by atoms with E-state index >= 15 is 0 Å². The summed E-state index contributed by atoms with van der Waals surface area (Å²) < 4.78 is 0. The highest BCUT2D eigenvalue weighted by atomic mass is 32.1. The molecule has 0 amide bonds. The summed E-state index contributed by atoms with van der Waals surface area (Å²) in [6, 6.07) is 9.38. The molecule has 4 heteroatoms. The third-order valence-electron chi connectivity index (χ3n) is 4.49. The lowest BCUT2D eigenvalue weighted by molar-refractivity contribution is -0.0759. The van der Waals surface area contributed by atoms with Crippen LogP contribution >= 0.6 is 22.7 Å². The summed E-state index contributed by atoms with van der Waals surface area (Å²) in [6.07, 6.45) is 1.71. The second kappa shape index (κ2) is 5.60. The first-order chi connectivity index (χ1) is 9.57. The minimum Gasteiger partial charge on any atom is -0.392 e. The molecule has 1 aliphatic carbocycles. The summed E-state index contributed by atoms with van der Waals surface area (Å²) in [6.45, 7) is 4.30. The van der Waals surface area contributed by atoms with Gasteiger partial charge in [0.2, 0.25) is 0 Å². The molecule has 2 N–H and O–H groups in total. The quantitative estimate of drug-likeness (QED) is 0.879. The molecule has 3 rings (SSSR count). The van der Waals surface area contributed by atoms with Crippen LogP contribution in [0, 0.1) is 5.41 Å². The summed E-state index contributed by atoms with van der Waals surface area (Å²) >= 11 is 3.63. The lowest BCUT2D eigenvalue weighted by Crippen LogP contribution is -2.60. The molecule has 108 valence electrons. The summed E-state index contributed by atoms with van der Waals surface area (Å²) in [7, 11) is 0. The molecule has 3 unspecified atom stereocenters. The van der Waals surface area contributed by atoms with Crippen LogP contribution in [-0.4, -0.2) is 17.3 Å². The van der Waals surface area contributed by atoms with Gasteiger partial charge in [-0.05, 0) is 29.3 Å². The smallest absolute Gasteiger partial charge is 0.0621 e. The number of hydrogen-bond donors (Lipinski definition) is 2. The van der Waals surface area contributed by atoms with Crippen LogP contribution in [0.15, 0.2) is 35.0 Å². The van der Waals surface area contributed by atoms with Gasteiger partial charge in [0.25, 0.3) is 0 Å². The Hall–Kier alpha value is -0.680. The Morgan fingerprint density at radius 2 is 2.05 bits per heavy atom. The van der Waals surface area contributed by atoms with Gasteiger partial charge in [-0.2, -0.15) is 0 Å². The molecular weight excluding hydrogens is 286 g/mol. The van der Waals surface area contributed by atoms with Gasteiger partial charge in [0, 0.05) is 33.7 Å². The van der Waals surface area contributed by atoms with Crippen molar-refractivity contribution >= 4 is 22.7 Å². The number of nitrogens with one attached hydrogen (secondary N) is 1. The lowest BCUT2D eigenvalue weighted by Gasteiger charge is -2.50. The Labute approximate surface area is 128 Å². The molecule has 0 saturated heterocycles. The first-order valence-electron chi connectivity index (χ1n) is 7.07. The van der Waals surface area contributed by atoms with Crippen LogP contribution in [0.2, 0.25) is 0 Å². The molecular formula is C16H21NOS2. The molecule has 0 aliphatic heterocycles. The zero-order valence-corrected chi connectivity index (χ0v) is 13.5. The van der Waals surface area contributed by atoms with Crippen LogP contribution in [0.4, 0.5) is 0 Å². The van der Waals surface area contributed by atoms with Gasteiger partial charge in [-0.1, -0.05) is 26.0 Å². The highest BCUT2D eigenvalue weighted by Gasteiger charge is 2.47. The maximum absolute atomic E-state index is 9.91. The van der Waals surface area contributed by atoms with Gasteiger partial charge >= 0.3 is 0 Å². The van der Waals surface area contributed by atoms with Gasteiger partial charge in [0.05, 0.1) is 6.10 Å². The molecule has 0 bridgehead atoms. The zero-order chi connectivity index (χ0) is 14.2. The normalized spacial score (nSPS) is 26.1. The van der Waals surface area contributed by atoms with Crippen LogP contribution in [0.3, 0.4) is 0 Å². The van der Waals surface area contributed by atoms with E-state index in [0.717, 1.165) is 12.8 Å². The first kappa shape index (κ1) is 14.3. The molecule has 0 spiro atoms. The highest BCUT2D eigenvalue weighted by molar-refractivity contribution is 7.10. The predicted molar refractivity (Wildman–Crippen MR) is 86.4 cm³/mol. The summed E-state index contributed by atoms with van der Waals surface area (Å²) in [5, 5.41) is 18.0.